The summed E-state index contributed by atoms with van der Waals surface area (Å²) in [6.45, 7) is 1.41. The van der Waals surface area contributed by atoms with E-state index in [4.69, 9.17) is 5.11 Å². The first kappa shape index (κ1) is 15.5. The highest BCUT2D eigenvalue weighted by Crippen LogP contribution is 2.27. The molecule has 0 aromatic heterocycles. The second-order valence-corrected chi connectivity index (χ2v) is 6.13. The van der Waals surface area contributed by atoms with Crippen LogP contribution in [-0.4, -0.2) is 58.9 Å². The number of aryl methyl sites for hydroxylation is 1. The maximum absolute atomic E-state index is 12.7. The highest BCUT2D eigenvalue weighted by atomic mass is 16.4. The summed E-state index contributed by atoms with van der Waals surface area (Å²) in [5, 5.41) is 8.73. The van der Waals surface area contributed by atoms with Gasteiger partial charge < -0.3 is 14.9 Å². The first-order chi connectivity index (χ1) is 11.1. The Kier molecular flexibility index (Phi) is 4.32. The summed E-state index contributed by atoms with van der Waals surface area (Å²) < 4.78 is 0. The fourth-order valence-corrected chi connectivity index (χ4v) is 3.43. The minimum Gasteiger partial charge on any atom is -0.474 e. The molecule has 2 aliphatic rings. The largest absolute Gasteiger partial charge is 0.474 e. The lowest BCUT2D eigenvalue weighted by Gasteiger charge is -2.36. The molecule has 1 fully saturated rings. The van der Waals surface area contributed by atoms with Crippen molar-refractivity contribution in [2.75, 3.05) is 26.2 Å². The minimum atomic E-state index is -1.44. The Morgan fingerprint density at radius 3 is 2.22 bits per heavy atom. The zero-order valence-corrected chi connectivity index (χ0v) is 12.9. The summed E-state index contributed by atoms with van der Waals surface area (Å²) in [6, 6.07) is 8.23. The molecule has 0 spiro atoms. The van der Waals surface area contributed by atoms with Crippen molar-refractivity contribution in [2.45, 2.75) is 19.3 Å². The van der Waals surface area contributed by atoms with E-state index in [0.717, 1.165) is 19.3 Å². The van der Waals surface area contributed by atoms with Crippen LogP contribution < -0.4 is 0 Å². The highest BCUT2D eigenvalue weighted by molar-refractivity contribution is 6.31. The number of carboxylic acid groups (broad SMARTS) is 1. The Balaban J connectivity index is 1.58. The Labute approximate surface area is 134 Å². The molecule has 0 radical (unpaired) electrons. The summed E-state index contributed by atoms with van der Waals surface area (Å²) in [5.74, 6) is -2.20. The van der Waals surface area contributed by atoms with Crippen molar-refractivity contribution in [3.8, 4) is 0 Å². The molecular formula is C17H20N2O4. The topological polar surface area (TPSA) is 77.9 Å². The van der Waals surface area contributed by atoms with E-state index in [1.807, 2.05) is 12.1 Å². The van der Waals surface area contributed by atoms with Crippen LogP contribution in [-0.2, 0) is 27.2 Å². The number of carbonyl (C=O) groups is 3. The Morgan fingerprint density at radius 1 is 0.957 bits per heavy atom. The Hall–Kier alpha value is -2.37. The maximum Gasteiger partial charge on any atom is 0.394 e. The van der Waals surface area contributed by atoms with Gasteiger partial charge in [-0.15, -0.1) is 0 Å². The van der Waals surface area contributed by atoms with Gasteiger partial charge >= 0.3 is 11.9 Å². The van der Waals surface area contributed by atoms with Crippen LogP contribution in [0.3, 0.4) is 0 Å². The lowest BCUT2D eigenvalue weighted by Crippen LogP contribution is -2.53. The molecule has 0 bridgehead atoms. The van der Waals surface area contributed by atoms with E-state index in [0.29, 0.717) is 26.2 Å². The molecule has 1 aromatic carbocycles. The summed E-state index contributed by atoms with van der Waals surface area (Å²) in [6.07, 6.45) is 2.54. The number of nitrogens with zero attached hydrogens (tertiary/aromatic N) is 2. The molecule has 1 N–H and O–H groups in total. The lowest BCUT2D eigenvalue weighted by molar-refractivity contribution is -0.157. The molecule has 1 aliphatic carbocycles. The number of hydrogen-bond acceptors (Lipinski definition) is 3. The van der Waals surface area contributed by atoms with Crippen LogP contribution in [0.5, 0.6) is 0 Å². The van der Waals surface area contributed by atoms with Crippen molar-refractivity contribution in [3.05, 3.63) is 35.4 Å². The average Bonchev–Trinajstić information content (AvgIpc) is 2.60. The van der Waals surface area contributed by atoms with E-state index in [1.165, 1.54) is 16.0 Å². The van der Waals surface area contributed by atoms with Gasteiger partial charge in [0.1, 0.15) is 0 Å². The molecule has 122 valence electrons. The molecule has 3 rings (SSSR count). The second-order valence-electron chi connectivity index (χ2n) is 6.13. The van der Waals surface area contributed by atoms with Crippen LogP contribution in [0.4, 0.5) is 0 Å². The number of piperazine rings is 1. The number of fused-ring (bicyclic) bond motifs is 1. The van der Waals surface area contributed by atoms with Crippen molar-refractivity contribution < 1.29 is 19.5 Å². The second kappa shape index (κ2) is 6.40. The zero-order valence-electron chi connectivity index (χ0n) is 12.9. The van der Waals surface area contributed by atoms with Crippen LogP contribution in [0.2, 0.25) is 0 Å². The summed E-state index contributed by atoms with van der Waals surface area (Å²) in [7, 11) is 0. The van der Waals surface area contributed by atoms with Gasteiger partial charge in [-0.05, 0) is 30.4 Å². The van der Waals surface area contributed by atoms with Crippen LogP contribution in [0.15, 0.2) is 24.3 Å². The van der Waals surface area contributed by atoms with E-state index >= 15 is 0 Å². The van der Waals surface area contributed by atoms with Crippen molar-refractivity contribution >= 4 is 17.8 Å². The molecule has 0 saturated carbocycles. The zero-order chi connectivity index (χ0) is 16.4. The number of benzene rings is 1. The third kappa shape index (κ3) is 3.21. The molecule has 6 nitrogen and oxygen atoms in total. The molecule has 1 aromatic rings. The Bertz CT molecular complexity index is 635. The molecule has 1 atom stereocenters. The highest BCUT2D eigenvalue weighted by Gasteiger charge is 2.32. The smallest absolute Gasteiger partial charge is 0.394 e. The molecule has 1 heterocycles. The lowest BCUT2D eigenvalue weighted by atomic mass is 9.83. The summed E-state index contributed by atoms with van der Waals surface area (Å²) in [4.78, 5) is 37.9. The van der Waals surface area contributed by atoms with Crippen LogP contribution in [0, 0.1) is 5.92 Å². The molecule has 1 unspecified atom stereocenters. The monoisotopic (exact) mass is 316 g/mol. The van der Waals surface area contributed by atoms with Gasteiger partial charge in [0.15, 0.2) is 0 Å². The molecular weight excluding hydrogens is 296 g/mol. The van der Waals surface area contributed by atoms with Crippen LogP contribution >= 0.6 is 0 Å². The normalized spacial score (nSPS) is 20.8. The predicted octanol–water partition coefficient (Wildman–Crippen LogP) is 0.547. The molecule has 6 heteroatoms. The fourth-order valence-electron chi connectivity index (χ4n) is 3.43. The summed E-state index contributed by atoms with van der Waals surface area (Å²) >= 11 is 0. The maximum atomic E-state index is 12.7. The van der Waals surface area contributed by atoms with Gasteiger partial charge in [-0.1, -0.05) is 24.3 Å². The van der Waals surface area contributed by atoms with Crippen LogP contribution in [0.1, 0.15) is 17.5 Å². The van der Waals surface area contributed by atoms with Gasteiger partial charge in [0, 0.05) is 32.1 Å². The quantitative estimate of drug-likeness (QED) is 0.768. The number of carboxylic acids is 1. The van der Waals surface area contributed by atoms with Gasteiger partial charge in [0.2, 0.25) is 5.91 Å². The van der Waals surface area contributed by atoms with Gasteiger partial charge in [0.25, 0.3) is 0 Å². The van der Waals surface area contributed by atoms with E-state index in [2.05, 4.69) is 12.1 Å². The SMILES string of the molecule is O=C(O)C(=O)N1CCN(C(=O)C2CCc3ccccc3C2)CC1. The van der Waals surface area contributed by atoms with Crippen LogP contribution in [0.25, 0.3) is 0 Å². The minimum absolute atomic E-state index is 0.00775. The number of amides is 2. The van der Waals surface area contributed by atoms with Crippen molar-refractivity contribution in [1.82, 2.24) is 9.80 Å². The first-order valence-electron chi connectivity index (χ1n) is 7.94. The van der Waals surface area contributed by atoms with E-state index in [9.17, 15) is 14.4 Å². The molecule has 1 saturated heterocycles. The molecule has 2 amide bonds. The number of hydrogen-bond donors (Lipinski definition) is 1. The standard InChI is InChI=1S/C17H20N2O4/c20-15(14-6-5-12-3-1-2-4-13(12)11-14)18-7-9-19(10-8-18)16(21)17(22)23/h1-4,14H,5-11H2,(H,22,23). The van der Waals surface area contributed by atoms with E-state index in [1.54, 1.807) is 4.90 Å². The van der Waals surface area contributed by atoms with Gasteiger partial charge in [0.05, 0.1) is 0 Å². The number of carbonyl (C=O) groups excluding carboxylic acids is 2. The number of rotatable bonds is 1. The molecule has 23 heavy (non-hydrogen) atoms. The van der Waals surface area contributed by atoms with Crippen molar-refractivity contribution in [2.24, 2.45) is 5.92 Å². The van der Waals surface area contributed by atoms with Gasteiger partial charge in [-0.2, -0.15) is 0 Å². The average molecular weight is 316 g/mol. The van der Waals surface area contributed by atoms with Crippen molar-refractivity contribution in [1.29, 1.82) is 0 Å². The van der Waals surface area contributed by atoms with E-state index in [-0.39, 0.29) is 11.8 Å². The molecule has 1 aliphatic heterocycles. The number of aliphatic carboxylic acids is 1. The fraction of sp³-hybridized carbons (Fsp3) is 0.471. The van der Waals surface area contributed by atoms with Crippen molar-refractivity contribution in [3.63, 3.8) is 0 Å². The van der Waals surface area contributed by atoms with E-state index < -0.39 is 11.9 Å². The predicted molar refractivity (Wildman–Crippen MR) is 82.8 cm³/mol. The summed E-state index contributed by atoms with van der Waals surface area (Å²) in [5.41, 5.74) is 2.57. The third-order valence-corrected chi connectivity index (χ3v) is 4.76. The van der Waals surface area contributed by atoms with Gasteiger partial charge in [-0.25, -0.2) is 4.79 Å². The first-order valence-corrected chi connectivity index (χ1v) is 7.94. The Morgan fingerprint density at radius 2 is 1.57 bits per heavy atom. The van der Waals surface area contributed by atoms with Gasteiger partial charge in [-0.3, -0.25) is 9.59 Å². The third-order valence-electron chi connectivity index (χ3n) is 4.76.